The Hall–Kier alpha value is -2.94. The minimum atomic E-state index is 0.994. The summed E-state index contributed by atoms with van der Waals surface area (Å²) in [7, 11) is 0. The summed E-state index contributed by atoms with van der Waals surface area (Å²) in [5, 5.41) is 0. The fraction of sp³-hybridized carbons (Fsp3) is 0.217. The van der Waals surface area contributed by atoms with Crippen molar-refractivity contribution in [3.63, 3.8) is 0 Å². The van der Waals surface area contributed by atoms with Crippen molar-refractivity contribution in [1.29, 1.82) is 0 Å². The first-order valence-electron chi connectivity index (χ1n) is 9.28. The van der Waals surface area contributed by atoms with Crippen LogP contribution in [0.15, 0.2) is 66.7 Å². The molecule has 0 saturated carbocycles. The van der Waals surface area contributed by atoms with Crippen molar-refractivity contribution in [3.05, 3.63) is 72.3 Å². The summed E-state index contributed by atoms with van der Waals surface area (Å²) in [6.45, 7) is 8.49. The Morgan fingerprint density at radius 2 is 1.58 bits per heavy atom. The number of aromatic nitrogens is 2. The van der Waals surface area contributed by atoms with Gasteiger partial charge in [-0.25, -0.2) is 4.98 Å². The topological polar surface area (TPSA) is 20.0 Å². The molecule has 0 aliphatic carbocycles. The maximum Gasteiger partial charge on any atom is 0.239 e. The molecule has 0 bridgehead atoms. The monoisotopic (exact) mass is 342 g/mol. The first-order chi connectivity index (χ1) is 12.7. The lowest BCUT2D eigenvalue weighted by molar-refractivity contribution is -0.538. The van der Waals surface area contributed by atoms with Gasteiger partial charge >= 0.3 is 0 Å². The number of nitrogens with zero attached hydrogens (tertiary/aromatic N) is 3. The van der Waals surface area contributed by atoms with Crippen molar-refractivity contribution in [2.75, 3.05) is 18.0 Å². The molecule has 0 fully saturated rings. The Kier molecular flexibility index (Phi) is 4.29. The Bertz CT molecular complexity index is 1070. The number of aryl methyl sites for hydroxylation is 1. The average Bonchev–Trinajstić information content (AvgIpc) is 2.67. The third kappa shape index (κ3) is 2.80. The van der Waals surface area contributed by atoms with Gasteiger partial charge in [-0.05, 0) is 44.5 Å². The van der Waals surface area contributed by atoms with E-state index in [-0.39, 0.29) is 0 Å². The highest BCUT2D eigenvalue weighted by atomic mass is 15.1. The van der Waals surface area contributed by atoms with Crippen LogP contribution >= 0.6 is 0 Å². The summed E-state index contributed by atoms with van der Waals surface area (Å²) in [5.41, 5.74) is 7.93. The summed E-state index contributed by atoms with van der Waals surface area (Å²) >= 11 is 0. The summed E-state index contributed by atoms with van der Waals surface area (Å²) in [4.78, 5) is 7.31. The maximum atomic E-state index is 4.94. The second kappa shape index (κ2) is 6.75. The van der Waals surface area contributed by atoms with Crippen LogP contribution in [0.2, 0.25) is 0 Å². The summed E-state index contributed by atoms with van der Waals surface area (Å²) in [6.07, 6.45) is 0. The lowest BCUT2D eigenvalue weighted by atomic mass is 10.1. The number of para-hydroxylation sites is 1. The molecular weight excluding hydrogens is 318 g/mol. The second-order valence-corrected chi connectivity index (χ2v) is 6.62. The van der Waals surface area contributed by atoms with Crippen molar-refractivity contribution < 1.29 is 4.57 Å². The lowest BCUT2D eigenvalue weighted by Crippen LogP contribution is -2.33. The van der Waals surface area contributed by atoms with Crippen LogP contribution in [-0.2, 0) is 0 Å². The fourth-order valence-electron chi connectivity index (χ4n) is 3.60. The van der Waals surface area contributed by atoms with Gasteiger partial charge in [-0.3, -0.25) is 0 Å². The van der Waals surface area contributed by atoms with Gasteiger partial charge in [-0.2, -0.15) is 0 Å². The molecule has 1 heterocycles. The van der Waals surface area contributed by atoms with Crippen LogP contribution in [0.3, 0.4) is 0 Å². The molecule has 0 amide bonds. The van der Waals surface area contributed by atoms with Gasteiger partial charge in [0, 0.05) is 43.0 Å². The van der Waals surface area contributed by atoms with Crippen molar-refractivity contribution in [3.8, 4) is 5.69 Å². The Labute approximate surface area is 154 Å². The van der Waals surface area contributed by atoms with Crippen LogP contribution in [0.5, 0.6) is 0 Å². The van der Waals surface area contributed by atoms with E-state index in [1.165, 1.54) is 11.3 Å². The zero-order chi connectivity index (χ0) is 18.1. The molecule has 0 saturated heterocycles. The Morgan fingerprint density at radius 1 is 0.808 bits per heavy atom. The molecule has 1 aromatic heterocycles. The van der Waals surface area contributed by atoms with Crippen molar-refractivity contribution in [2.24, 2.45) is 0 Å². The van der Waals surface area contributed by atoms with Gasteiger partial charge in [0.1, 0.15) is 11.0 Å². The van der Waals surface area contributed by atoms with Crippen LogP contribution < -0.4 is 9.47 Å². The molecule has 0 N–H and O–H groups in total. The van der Waals surface area contributed by atoms with Gasteiger partial charge in [-0.15, -0.1) is 4.57 Å². The van der Waals surface area contributed by atoms with E-state index < -0.39 is 0 Å². The van der Waals surface area contributed by atoms with Gasteiger partial charge in [-0.1, -0.05) is 24.3 Å². The van der Waals surface area contributed by atoms with Crippen LogP contribution in [-0.4, -0.2) is 18.1 Å². The Balaban J connectivity index is 2.10. The van der Waals surface area contributed by atoms with Crippen molar-refractivity contribution >= 4 is 27.8 Å². The first kappa shape index (κ1) is 16.5. The summed E-state index contributed by atoms with van der Waals surface area (Å²) < 4.78 is 2.32. The standard InChI is InChI=1S/C23H24N3/c1-4-25(5-2)19-12-13-20-23(16-19)26(18-9-7-6-8-10-18)22-14-11-17(3)15-21(22)24-20/h6-16H,4-5H2,1-3H3/q+1. The molecule has 0 atom stereocenters. The van der Waals surface area contributed by atoms with Gasteiger partial charge < -0.3 is 4.90 Å². The zero-order valence-corrected chi connectivity index (χ0v) is 15.6. The molecule has 26 heavy (non-hydrogen) atoms. The van der Waals surface area contributed by atoms with Crippen molar-refractivity contribution in [1.82, 2.24) is 4.98 Å². The van der Waals surface area contributed by atoms with E-state index >= 15 is 0 Å². The molecule has 0 unspecified atom stereocenters. The molecule has 3 nitrogen and oxygen atoms in total. The quantitative estimate of drug-likeness (QED) is 0.391. The predicted octanol–water partition coefficient (Wildman–Crippen LogP) is 4.82. The van der Waals surface area contributed by atoms with E-state index in [0.29, 0.717) is 0 Å². The molecule has 0 radical (unpaired) electrons. The van der Waals surface area contributed by atoms with Crippen molar-refractivity contribution in [2.45, 2.75) is 20.8 Å². The second-order valence-electron chi connectivity index (χ2n) is 6.62. The van der Waals surface area contributed by atoms with Gasteiger partial charge in [0.25, 0.3) is 0 Å². The van der Waals surface area contributed by atoms with E-state index in [2.05, 4.69) is 97.0 Å². The molecule has 4 aromatic rings. The molecular formula is C23H24N3+. The number of hydrogen-bond donors (Lipinski definition) is 0. The number of anilines is 1. The average molecular weight is 342 g/mol. The van der Waals surface area contributed by atoms with E-state index in [1.54, 1.807) is 0 Å². The highest BCUT2D eigenvalue weighted by Crippen LogP contribution is 2.23. The molecule has 0 aliphatic heterocycles. The zero-order valence-electron chi connectivity index (χ0n) is 15.6. The van der Waals surface area contributed by atoms with E-state index in [1.807, 2.05) is 0 Å². The van der Waals surface area contributed by atoms with Crippen LogP contribution in [0.1, 0.15) is 19.4 Å². The summed E-state index contributed by atoms with van der Waals surface area (Å²) in [5.74, 6) is 0. The van der Waals surface area contributed by atoms with E-state index in [0.717, 1.165) is 40.8 Å². The maximum absolute atomic E-state index is 4.94. The Morgan fingerprint density at radius 3 is 2.31 bits per heavy atom. The summed E-state index contributed by atoms with van der Waals surface area (Å²) in [6, 6.07) is 23.6. The molecule has 0 aliphatic rings. The molecule has 0 spiro atoms. The first-order valence-corrected chi connectivity index (χ1v) is 9.28. The highest BCUT2D eigenvalue weighted by molar-refractivity contribution is 5.84. The number of fused-ring (bicyclic) bond motifs is 2. The third-order valence-electron chi connectivity index (χ3n) is 4.96. The predicted molar refractivity (Wildman–Crippen MR) is 109 cm³/mol. The lowest BCUT2D eigenvalue weighted by Gasteiger charge is -2.20. The van der Waals surface area contributed by atoms with Gasteiger partial charge in [0.15, 0.2) is 0 Å². The minimum Gasteiger partial charge on any atom is -0.372 e. The van der Waals surface area contributed by atoms with Crippen LogP contribution in [0.25, 0.3) is 27.8 Å². The normalized spacial score (nSPS) is 11.2. The van der Waals surface area contributed by atoms with Crippen LogP contribution in [0.4, 0.5) is 5.69 Å². The van der Waals surface area contributed by atoms with Gasteiger partial charge in [0.05, 0.1) is 0 Å². The fourth-order valence-corrected chi connectivity index (χ4v) is 3.60. The largest absolute Gasteiger partial charge is 0.372 e. The number of benzene rings is 3. The molecule has 3 aromatic carbocycles. The van der Waals surface area contributed by atoms with Crippen LogP contribution in [0, 0.1) is 6.92 Å². The third-order valence-corrected chi connectivity index (χ3v) is 4.96. The molecule has 4 rings (SSSR count). The SMILES string of the molecule is CCN(CC)c1ccc2nc3cc(C)ccc3[n+](-c3ccccc3)c2c1. The minimum absolute atomic E-state index is 0.994. The van der Waals surface area contributed by atoms with E-state index in [4.69, 9.17) is 4.98 Å². The molecule has 130 valence electrons. The number of rotatable bonds is 4. The van der Waals surface area contributed by atoms with E-state index in [9.17, 15) is 0 Å². The van der Waals surface area contributed by atoms with Gasteiger partial charge in [0.2, 0.25) is 16.7 Å². The smallest absolute Gasteiger partial charge is 0.239 e. The highest BCUT2D eigenvalue weighted by Gasteiger charge is 2.20. The molecule has 3 heteroatoms. The number of hydrogen-bond acceptors (Lipinski definition) is 2.